The molecule has 3 amide bonds. The number of benzene rings is 2. The summed E-state index contributed by atoms with van der Waals surface area (Å²) in [5, 5.41) is 9.95. The van der Waals surface area contributed by atoms with Gasteiger partial charge in [0.05, 0.1) is 37.6 Å². The van der Waals surface area contributed by atoms with Gasteiger partial charge >= 0.3 is 11.9 Å². The van der Waals surface area contributed by atoms with Gasteiger partial charge in [0.1, 0.15) is 5.75 Å². The van der Waals surface area contributed by atoms with E-state index in [9.17, 15) is 24.0 Å². The first-order chi connectivity index (χ1) is 20.8. The average molecular weight is 612 g/mol. The van der Waals surface area contributed by atoms with Crippen LogP contribution in [0, 0.1) is 11.8 Å². The molecule has 43 heavy (non-hydrogen) atoms. The molecule has 1 heterocycles. The van der Waals surface area contributed by atoms with Crippen molar-refractivity contribution in [3.05, 3.63) is 46.9 Å². The molecule has 2 aromatic rings. The number of methoxy groups -OCH3 is 2. The zero-order valence-electron chi connectivity index (χ0n) is 24.3. The summed E-state index contributed by atoms with van der Waals surface area (Å²) < 4.78 is 15.8. The number of carbonyl (C=O) groups is 5. The van der Waals surface area contributed by atoms with E-state index in [0.29, 0.717) is 68.9 Å². The molecule has 12 heteroatoms. The van der Waals surface area contributed by atoms with Crippen molar-refractivity contribution in [3.63, 3.8) is 0 Å². The van der Waals surface area contributed by atoms with Crippen molar-refractivity contribution in [3.8, 4) is 5.75 Å². The van der Waals surface area contributed by atoms with Crippen LogP contribution in [0.25, 0.3) is 16.8 Å². The molecule has 1 aliphatic carbocycles. The number of ether oxygens (including phenoxy) is 3. The smallest absolute Gasteiger partial charge is 0.310 e. The maximum atomic E-state index is 12.3. The quantitative estimate of drug-likeness (QED) is 0.174. The topological polar surface area (TPSA) is 149 Å². The van der Waals surface area contributed by atoms with E-state index in [1.165, 1.54) is 14.2 Å². The van der Waals surface area contributed by atoms with E-state index in [2.05, 4.69) is 16.0 Å². The zero-order valence-corrected chi connectivity index (χ0v) is 25.1. The van der Waals surface area contributed by atoms with Gasteiger partial charge in [-0.25, -0.2) is 0 Å². The molecule has 2 unspecified atom stereocenters. The molecular weight excluding hydrogens is 574 g/mol. The van der Waals surface area contributed by atoms with E-state index in [1.807, 2.05) is 36.4 Å². The van der Waals surface area contributed by atoms with Crippen LogP contribution in [-0.2, 0) is 28.7 Å². The first-order valence-electron chi connectivity index (χ1n) is 14.4. The number of carbonyl (C=O) groups excluding carboxylic acids is 5. The molecule has 3 N–H and O–H groups in total. The first-order valence-corrected chi connectivity index (χ1v) is 15.2. The summed E-state index contributed by atoms with van der Waals surface area (Å²) in [5.74, 6) is -1.14. The molecule has 1 saturated heterocycles. The molecule has 1 aliphatic heterocycles. The fourth-order valence-electron chi connectivity index (χ4n) is 5.42. The van der Waals surface area contributed by atoms with Gasteiger partial charge in [0.2, 0.25) is 5.91 Å². The van der Waals surface area contributed by atoms with Gasteiger partial charge in [-0.2, -0.15) is 0 Å². The minimum absolute atomic E-state index is 0.0664. The number of amides is 3. The number of fused-ring (bicyclic) bond motifs is 1. The Hall–Kier alpha value is -3.90. The van der Waals surface area contributed by atoms with Crippen molar-refractivity contribution >= 4 is 57.6 Å². The van der Waals surface area contributed by atoms with E-state index in [-0.39, 0.29) is 35.0 Å². The van der Waals surface area contributed by atoms with Gasteiger partial charge in [-0.1, -0.05) is 30.3 Å². The van der Waals surface area contributed by atoms with Crippen LogP contribution < -0.4 is 20.7 Å². The van der Waals surface area contributed by atoms with Crippen LogP contribution in [0.5, 0.6) is 5.75 Å². The Kier molecular flexibility index (Phi) is 11.6. The second-order valence-electron chi connectivity index (χ2n) is 10.4. The highest BCUT2D eigenvalue weighted by Gasteiger charge is 2.38. The number of nitrogens with one attached hydrogen (secondary N) is 3. The second-order valence-corrected chi connectivity index (χ2v) is 11.4. The number of rotatable bonds is 13. The third kappa shape index (κ3) is 8.57. The number of thioether (sulfide) groups is 1. The monoisotopic (exact) mass is 611 g/mol. The second kappa shape index (κ2) is 15.5. The van der Waals surface area contributed by atoms with Crippen LogP contribution in [0.2, 0.25) is 0 Å². The van der Waals surface area contributed by atoms with Crippen molar-refractivity contribution in [2.24, 2.45) is 11.8 Å². The van der Waals surface area contributed by atoms with Crippen molar-refractivity contribution in [1.82, 2.24) is 16.0 Å². The number of hydrogen-bond acceptors (Lipinski definition) is 10. The molecule has 230 valence electrons. The Morgan fingerprint density at radius 2 is 1.74 bits per heavy atom. The predicted octanol–water partition coefficient (Wildman–Crippen LogP) is 3.55. The highest BCUT2D eigenvalue weighted by molar-refractivity contribution is 8.18. The van der Waals surface area contributed by atoms with Crippen molar-refractivity contribution in [1.29, 1.82) is 0 Å². The van der Waals surface area contributed by atoms with Gasteiger partial charge in [-0.15, -0.1) is 0 Å². The Morgan fingerprint density at radius 1 is 0.977 bits per heavy atom. The van der Waals surface area contributed by atoms with E-state index in [1.54, 1.807) is 6.08 Å². The fourth-order valence-corrected chi connectivity index (χ4v) is 6.10. The van der Waals surface area contributed by atoms with E-state index in [4.69, 9.17) is 14.2 Å². The highest BCUT2D eigenvalue weighted by atomic mass is 32.2. The molecule has 2 aromatic carbocycles. The average Bonchev–Trinajstić information content (AvgIpc) is 3.34. The van der Waals surface area contributed by atoms with Crippen LogP contribution in [-0.4, -0.2) is 69.0 Å². The number of esters is 2. The van der Waals surface area contributed by atoms with Crippen LogP contribution in [0.3, 0.4) is 0 Å². The number of imide groups is 1. The highest BCUT2D eigenvalue weighted by Crippen LogP contribution is 2.33. The maximum absolute atomic E-state index is 12.3. The first kappa shape index (κ1) is 32.0. The van der Waals surface area contributed by atoms with Gasteiger partial charge in [0.15, 0.2) is 0 Å². The van der Waals surface area contributed by atoms with Gasteiger partial charge in [0.25, 0.3) is 11.1 Å². The van der Waals surface area contributed by atoms with Crippen molar-refractivity contribution in [2.45, 2.75) is 44.6 Å². The standard InChI is InChI=1S/C31H37N3O8S/c1-40-29(37)20-10-12-24(23(17-20)30(38)41-2)32-14-6-15-33-27(35)9-5-16-42-25-13-11-19(21-7-3-4-8-22(21)25)18-26-28(36)34-31(39)43-26/h3-4,7-8,11,13,18,20,23-24,32H,5-6,9-10,12,14-17H2,1-2H3,(H,33,35)(H,34,36,39)/b26-18-/t20?,23-,24?/m1/s1. The van der Waals surface area contributed by atoms with E-state index in [0.717, 1.165) is 28.1 Å². The molecule has 0 spiro atoms. The van der Waals surface area contributed by atoms with Crippen LogP contribution >= 0.6 is 11.8 Å². The number of hydrogen-bond donors (Lipinski definition) is 3. The minimum atomic E-state index is -0.416. The van der Waals surface area contributed by atoms with Crippen LogP contribution in [0.15, 0.2) is 41.3 Å². The molecule has 11 nitrogen and oxygen atoms in total. The van der Waals surface area contributed by atoms with Gasteiger partial charge in [-0.3, -0.25) is 29.3 Å². The van der Waals surface area contributed by atoms with Gasteiger partial charge in [0, 0.05) is 24.4 Å². The Balaban J connectivity index is 1.17. The summed E-state index contributed by atoms with van der Waals surface area (Å²) in [6.07, 6.45) is 4.95. The SMILES string of the molecule is COC(=O)C1CCC(NCCCNC(=O)CCCOc2ccc(/C=C3\SC(=O)NC3=O)c3ccccc23)[C@H](C(=O)OC)C1. The lowest BCUT2D eigenvalue weighted by Crippen LogP contribution is -2.46. The summed E-state index contributed by atoms with van der Waals surface area (Å²) in [4.78, 5) is 60.4. The van der Waals surface area contributed by atoms with Crippen molar-refractivity contribution < 1.29 is 38.2 Å². The van der Waals surface area contributed by atoms with Crippen molar-refractivity contribution in [2.75, 3.05) is 33.9 Å². The summed E-state index contributed by atoms with van der Waals surface area (Å²) in [7, 11) is 2.70. The van der Waals surface area contributed by atoms with E-state index >= 15 is 0 Å². The predicted molar refractivity (Wildman–Crippen MR) is 162 cm³/mol. The molecule has 4 rings (SSSR count). The summed E-state index contributed by atoms with van der Waals surface area (Å²) >= 11 is 0.877. The summed E-state index contributed by atoms with van der Waals surface area (Å²) in [6, 6.07) is 11.2. The Bertz CT molecular complexity index is 1390. The zero-order chi connectivity index (χ0) is 30.8. The van der Waals surface area contributed by atoms with Gasteiger partial charge in [-0.05, 0) is 73.5 Å². The molecule has 1 saturated carbocycles. The lowest BCUT2D eigenvalue weighted by molar-refractivity contribution is -0.153. The third-order valence-corrected chi connectivity index (χ3v) is 8.43. The summed E-state index contributed by atoms with van der Waals surface area (Å²) in [6.45, 7) is 1.47. The lowest BCUT2D eigenvalue weighted by atomic mass is 9.78. The summed E-state index contributed by atoms with van der Waals surface area (Å²) in [5.41, 5.74) is 0.805. The lowest BCUT2D eigenvalue weighted by Gasteiger charge is -2.34. The molecule has 3 atom stereocenters. The minimum Gasteiger partial charge on any atom is -0.493 e. The third-order valence-electron chi connectivity index (χ3n) is 7.62. The molecule has 2 fully saturated rings. The van der Waals surface area contributed by atoms with Gasteiger partial charge < -0.3 is 24.8 Å². The largest absolute Gasteiger partial charge is 0.493 e. The molecule has 0 radical (unpaired) electrons. The Morgan fingerprint density at radius 3 is 2.47 bits per heavy atom. The molecule has 0 aromatic heterocycles. The van der Waals surface area contributed by atoms with Crippen LogP contribution in [0.1, 0.15) is 44.1 Å². The molecular formula is C31H37N3O8S. The maximum Gasteiger partial charge on any atom is 0.310 e. The van der Waals surface area contributed by atoms with E-state index < -0.39 is 11.8 Å². The normalized spacial score (nSPS) is 21.0. The Labute approximate surface area is 254 Å². The molecule has 2 aliphatic rings. The van der Waals surface area contributed by atoms with Crippen LogP contribution in [0.4, 0.5) is 4.79 Å². The fraction of sp³-hybridized carbons (Fsp3) is 0.452. The molecule has 0 bridgehead atoms.